The normalized spacial score (nSPS) is 9.84. The van der Waals surface area contributed by atoms with Crippen molar-refractivity contribution in [2.45, 2.75) is 20.4 Å². The first-order valence-electron chi connectivity index (χ1n) is 7.55. The summed E-state index contributed by atoms with van der Waals surface area (Å²) in [5, 5.41) is 13.8. The van der Waals surface area contributed by atoms with E-state index in [1.807, 2.05) is 26.0 Å². The zero-order valence-corrected chi connectivity index (χ0v) is 14.2. The lowest BCUT2D eigenvalue weighted by molar-refractivity contribution is -0.136. The summed E-state index contributed by atoms with van der Waals surface area (Å²) in [5.74, 6) is -1.14. The molecule has 2 rings (SSSR count). The number of pyridine rings is 1. The summed E-state index contributed by atoms with van der Waals surface area (Å²) in [6, 6.07) is 10.1. The van der Waals surface area contributed by atoms with Crippen LogP contribution in [0.3, 0.4) is 0 Å². The van der Waals surface area contributed by atoms with E-state index in [1.54, 1.807) is 24.3 Å². The Morgan fingerprint density at radius 2 is 1.88 bits per heavy atom. The molecule has 0 radical (unpaired) electrons. The third-order valence-corrected chi connectivity index (χ3v) is 3.53. The maximum absolute atomic E-state index is 12.0. The number of hydrogen-bond acceptors (Lipinski definition) is 5. The topological polar surface area (TPSA) is 104 Å². The number of carbonyl (C=O) groups is 2. The zero-order valence-electron chi connectivity index (χ0n) is 14.2. The van der Waals surface area contributed by atoms with Crippen LogP contribution in [0.1, 0.15) is 22.4 Å². The number of nitrogens with one attached hydrogen (secondary N) is 2. The van der Waals surface area contributed by atoms with E-state index in [1.165, 1.54) is 7.11 Å². The van der Waals surface area contributed by atoms with Crippen LogP contribution in [0.2, 0.25) is 0 Å². The van der Waals surface area contributed by atoms with Crippen LogP contribution in [0.5, 0.6) is 5.88 Å². The van der Waals surface area contributed by atoms with Gasteiger partial charge >= 0.3 is 11.8 Å². The minimum Gasteiger partial charge on any atom is -0.481 e. The van der Waals surface area contributed by atoms with Crippen LogP contribution in [0, 0.1) is 25.2 Å². The van der Waals surface area contributed by atoms with E-state index in [0.29, 0.717) is 22.7 Å². The van der Waals surface area contributed by atoms with Gasteiger partial charge in [-0.3, -0.25) is 9.59 Å². The quantitative estimate of drug-likeness (QED) is 0.828. The Hall–Kier alpha value is -3.40. The fraction of sp³-hybridized carbons (Fsp3) is 0.222. The predicted octanol–water partition coefficient (Wildman–Crippen LogP) is 1.83. The SMILES string of the molecule is COc1nc(C)cc(C)c1CNC(=O)C(=O)Nc1ccc(C#N)cc1. The van der Waals surface area contributed by atoms with E-state index in [-0.39, 0.29) is 6.54 Å². The number of aryl methyl sites for hydroxylation is 2. The average molecular weight is 338 g/mol. The standard InChI is InChI=1S/C18H18N4O3/c1-11-8-12(2)21-18(25-3)15(11)10-20-16(23)17(24)22-14-6-4-13(9-19)5-7-14/h4-8H,10H2,1-3H3,(H,20,23)(H,22,24). The summed E-state index contributed by atoms with van der Waals surface area (Å²) in [7, 11) is 1.50. The summed E-state index contributed by atoms with van der Waals surface area (Å²) >= 11 is 0. The molecule has 0 aliphatic heterocycles. The molecule has 1 aromatic heterocycles. The molecule has 0 atom stereocenters. The van der Waals surface area contributed by atoms with Gasteiger partial charge in [0.25, 0.3) is 0 Å². The maximum Gasteiger partial charge on any atom is 0.313 e. The van der Waals surface area contributed by atoms with E-state index < -0.39 is 11.8 Å². The molecule has 0 aliphatic carbocycles. The Bertz CT molecular complexity index is 839. The molecule has 2 aromatic rings. The Morgan fingerprint density at radius 3 is 2.48 bits per heavy atom. The number of nitriles is 1. The molecule has 0 fully saturated rings. The van der Waals surface area contributed by atoms with Crippen LogP contribution in [0.4, 0.5) is 5.69 Å². The van der Waals surface area contributed by atoms with Crippen LogP contribution in [-0.4, -0.2) is 23.9 Å². The smallest absolute Gasteiger partial charge is 0.313 e. The summed E-state index contributed by atoms with van der Waals surface area (Å²) in [5.41, 5.74) is 3.34. The van der Waals surface area contributed by atoms with Crippen molar-refractivity contribution in [3.8, 4) is 11.9 Å². The fourth-order valence-corrected chi connectivity index (χ4v) is 2.28. The highest BCUT2D eigenvalue weighted by atomic mass is 16.5. The molecule has 0 saturated carbocycles. The van der Waals surface area contributed by atoms with Crippen molar-refractivity contribution in [3.05, 3.63) is 52.7 Å². The lowest BCUT2D eigenvalue weighted by atomic mass is 10.1. The average Bonchev–Trinajstić information content (AvgIpc) is 2.60. The molecule has 1 heterocycles. The number of anilines is 1. The monoisotopic (exact) mass is 338 g/mol. The molecule has 2 N–H and O–H groups in total. The third kappa shape index (κ3) is 4.54. The van der Waals surface area contributed by atoms with Crippen LogP contribution in [-0.2, 0) is 16.1 Å². The molecule has 0 spiro atoms. The summed E-state index contributed by atoms with van der Waals surface area (Å²) in [6.07, 6.45) is 0. The van der Waals surface area contributed by atoms with Crippen molar-refractivity contribution in [2.24, 2.45) is 0 Å². The Morgan fingerprint density at radius 1 is 1.20 bits per heavy atom. The lowest BCUT2D eigenvalue weighted by Gasteiger charge is -2.12. The number of ether oxygens (including phenoxy) is 1. The zero-order chi connectivity index (χ0) is 18.4. The summed E-state index contributed by atoms with van der Waals surface area (Å²) in [4.78, 5) is 28.2. The van der Waals surface area contributed by atoms with E-state index >= 15 is 0 Å². The van der Waals surface area contributed by atoms with Crippen LogP contribution < -0.4 is 15.4 Å². The largest absolute Gasteiger partial charge is 0.481 e. The van der Waals surface area contributed by atoms with Gasteiger partial charge in [-0.1, -0.05) is 0 Å². The molecule has 25 heavy (non-hydrogen) atoms. The number of methoxy groups -OCH3 is 1. The van der Waals surface area contributed by atoms with Gasteiger partial charge in [-0.2, -0.15) is 5.26 Å². The van der Waals surface area contributed by atoms with E-state index in [2.05, 4.69) is 15.6 Å². The first-order valence-corrected chi connectivity index (χ1v) is 7.55. The van der Waals surface area contributed by atoms with Crippen LogP contribution in [0.15, 0.2) is 30.3 Å². The molecule has 0 bridgehead atoms. The van der Waals surface area contributed by atoms with Gasteiger partial charge in [0.15, 0.2) is 0 Å². The highest BCUT2D eigenvalue weighted by Gasteiger charge is 2.16. The maximum atomic E-state index is 12.0. The highest BCUT2D eigenvalue weighted by Crippen LogP contribution is 2.20. The first-order chi connectivity index (χ1) is 11.9. The Balaban J connectivity index is 2.00. The second-order valence-electron chi connectivity index (χ2n) is 5.39. The number of benzene rings is 1. The number of rotatable bonds is 4. The van der Waals surface area contributed by atoms with Crippen molar-refractivity contribution in [3.63, 3.8) is 0 Å². The molecular formula is C18H18N4O3. The second-order valence-corrected chi connectivity index (χ2v) is 5.39. The van der Waals surface area contributed by atoms with Gasteiger partial charge in [-0.25, -0.2) is 4.98 Å². The van der Waals surface area contributed by atoms with Crippen molar-refractivity contribution in [1.29, 1.82) is 5.26 Å². The number of amides is 2. The van der Waals surface area contributed by atoms with E-state index in [0.717, 1.165) is 11.3 Å². The minimum atomic E-state index is -0.790. The molecule has 0 unspecified atom stereocenters. The molecule has 0 saturated heterocycles. The Labute approximate surface area is 145 Å². The number of carbonyl (C=O) groups excluding carboxylic acids is 2. The van der Waals surface area contributed by atoms with Gasteiger partial charge < -0.3 is 15.4 Å². The van der Waals surface area contributed by atoms with Gasteiger partial charge in [-0.05, 0) is 49.7 Å². The van der Waals surface area contributed by atoms with Gasteiger partial charge in [0.1, 0.15) is 0 Å². The molecule has 2 amide bonds. The summed E-state index contributed by atoms with van der Waals surface area (Å²) < 4.78 is 5.23. The molecule has 128 valence electrons. The number of nitrogens with zero attached hydrogens (tertiary/aromatic N) is 2. The van der Waals surface area contributed by atoms with Crippen molar-refractivity contribution in [2.75, 3.05) is 12.4 Å². The summed E-state index contributed by atoms with van der Waals surface area (Å²) in [6.45, 7) is 3.86. The molecular weight excluding hydrogens is 320 g/mol. The van der Waals surface area contributed by atoms with Crippen molar-refractivity contribution < 1.29 is 14.3 Å². The predicted molar refractivity (Wildman–Crippen MR) is 91.9 cm³/mol. The number of aromatic nitrogens is 1. The molecule has 1 aromatic carbocycles. The highest BCUT2D eigenvalue weighted by molar-refractivity contribution is 6.39. The molecule has 0 aliphatic rings. The van der Waals surface area contributed by atoms with E-state index in [9.17, 15) is 9.59 Å². The van der Waals surface area contributed by atoms with Crippen molar-refractivity contribution in [1.82, 2.24) is 10.3 Å². The van der Waals surface area contributed by atoms with Crippen LogP contribution >= 0.6 is 0 Å². The van der Waals surface area contributed by atoms with Gasteiger partial charge in [0.05, 0.1) is 18.7 Å². The first kappa shape index (κ1) is 17.9. The van der Waals surface area contributed by atoms with Gasteiger partial charge in [0.2, 0.25) is 5.88 Å². The van der Waals surface area contributed by atoms with Crippen molar-refractivity contribution >= 4 is 17.5 Å². The minimum absolute atomic E-state index is 0.127. The second kappa shape index (κ2) is 7.93. The Kier molecular flexibility index (Phi) is 5.69. The van der Waals surface area contributed by atoms with Gasteiger partial charge in [0, 0.05) is 23.5 Å². The molecule has 7 heteroatoms. The molecule has 7 nitrogen and oxygen atoms in total. The van der Waals surface area contributed by atoms with Gasteiger partial charge in [-0.15, -0.1) is 0 Å². The third-order valence-electron chi connectivity index (χ3n) is 3.53. The lowest BCUT2D eigenvalue weighted by Crippen LogP contribution is -2.35. The fourth-order valence-electron chi connectivity index (χ4n) is 2.28. The number of hydrogen-bond donors (Lipinski definition) is 2. The van der Waals surface area contributed by atoms with Crippen LogP contribution in [0.25, 0.3) is 0 Å². The van der Waals surface area contributed by atoms with E-state index in [4.69, 9.17) is 10.00 Å².